The van der Waals surface area contributed by atoms with Gasteiger partial charge in [-0.05, 0) is 116 Å². The summed E-state index contributed by atoms with van der Waals surface area (Å²) in [5.74, 6) is 0. The van der Waals surface area contributed by atoms with Crippen molar-refractivity contribution in [3.05, 3.63) is 221 Å². The second kappa shape index (κ2) is 15.2. The standard InChI is InChI=1S/C63H52N2S/c1-62(2,3)44-27-24-40(25-28-44)34-43(42-16-8-7-9-17-42)35-41-26-31-52-54(36-41)63(4,5)55-39-58(47-18-10-11-21-51(47)61(52)55)65(46-29-32-50-49-20-13-15-23-59(49)66-60(50)38-46)45-30-33-57-53(37-45)48-19-12-14-22-56(48)64(57)6/h7-33,35-39H,34H2,1-6H3/b43-35-. The van der Waals surface area contributed by atoms with Crippen molar-refractivity contribution in [3.63, 3.8) is 0 Å². The molecule has 0 amide bonds. The van der Waals surface area contributed by atoms with Crippen LogP contribution in [-0.2, 0) is 24.3 Å². The summed E-state index contributed by atoms with van der Waals surface area (Å²) in [4.78, 5) is 2.53. The van der Waals surface area contributed by atoms with Gasteiger partial charge in [0.15, 0.2) is 0 Å². The van der Waals surface area contributed by atoms with Crippen molar-refractivity contribution in [3.8, 4) is 11.1 Å². The molecule has 9 aromatic carbocycles. The minimum absolute atomic E-state index is 0.121. The first-order valence-corrected chi connectivity index (χ1v) is 24.1. The summed E-state index contributed by atoms with van der Waals surface area (Å²) < 4.78 is 4.93. The molecule has 66 heavy (non-hydrogen) atoms. The Hall–Kier alpha value is -7.20. The van der Waals surface area contributed by atoms with Crippen LogP contribution in [0.4, 0.5) is 17.1 Å². The number of rotatable bonds is 7. The van der Waals surface area contributed by atoms with Crippen LogP contribution in [-0.4, -0.2) is 4.57 Å². The van der Waals surface area contributed by atoms with Crippen molar-refractivity contribution in [2.24, 2.45) is 7.05 Å². The summed E-state index contributed by atoms with van der Waals surface area (Å²) in [6, 6.07) is 70.7. The van der Waals surface area contributed by atoms with Crippen LogP contribution in [0.5, 0.6) is 0 Å². The van der Waals surface area contributed by atoms with Crippen LogP contribution in [0.1, 0.15) is 68.0 Å². The molecule has 2 nitrogen and oxygen atoms in total. The van der Waals surface area contributed by atoms with Crippen molar-refractivity contribution in [1.82, 2.24) is 4.57 Å². The third-order valence-corrected chi connectivity index (χ3v) is 15.5. The van der Waals surface area contributed by atoms with Gasteiger partial charge in [-0.15, -0.1) is 11.3 Å². The van der Waals surface area contributed by atoms with Crippen LogP contribution in [0.15, 0.2) is 188 Å². The highest BCUT2D eigenvalue weighted by molar-refractivity contribution is 7.25. The van der Waals surface area contributed by atoms with E-state index in [2.05, 4.69) is 245 Å². The van der Waals surface area contributed by atoms with Crippen LogP contribution in [0.2, 0.25) is 0 Å². The number of hydrogen-bond acceptors (Lipinski definition) is 2. The number of thiophene rings is 1. The van der Waals surface area contributed by atoms with Crippen molar-refractivity contribution >= 4 is 92.8 Å². The molecule has 0 N–H and O–H groups in total. The van der Waals surface area contributed by atoms with E-state index >= 15 is 0 Å². The first-order valence-electron chi connectivity index (χ1n) is 23.3. The number of benzene rings is 9. The van der Waals surface area contributed by atoms with Crippen LogP contribution >= 0.6 is 11.3 Å². The minimum atomic E-state index is -0.260. The van der Waals surface area contributed by atoms with Gasteiger partial charge in [0, 0.05) is 71.2 Å². The molecule has 0 bridgehead atoms. The van der Waals surface area contributed by atoms with E-state index in [0.29, 0.717) is 0 Å². The number of aryl methyl sites for hydroxylation is 1. The number of hydrogen-bond donors (Lipinski definition) is 0. The number of aromatic nitrogens is 1. The third kappa shape index (κ3) is 6.51. The van der Waals surface area contributed by atoms with E-state index in [9.17, 15) is 0 Å². The molecule has 1 aliphatic rings. The molecule has 12 rings (SSSR count). The maximum atomic E-state index is 2.53. The van der Waals surface area contributed by atoms with Crippen LogP contribution in [0.25, 0.3) is 75.5 Å². The minimum Gasteiger partial charge on any atom is -0.344 e. The largest absolute Gasteiger partial charge is 0.344 e. The summed E-state index contributed by atoms with van der Waals surface area (Å²) in [7, 11) is 2.18. The first kappa shape index (κ1) is 40.3. The van der Waals surface area contributed by atoms with E-state index in [0.717, 1.165) is 17.8 Å². The van der Waals surface area contributed by atoms with E-state index in [1.165, 1.54) is 109 Å². The predicted octanol–water partition coefficient (Wildman–Crippen LogP) is 17.7. The summed E-state index contributed by atoms with van der Waals surface area (Å²) in [6.07, 6.45) is 3.28. The molecule has 2 aromatic heterocycles. The average molecular weight is 869 g/mol. The Morgan fingerprint density at radius 3 is 2.00 bits per heavy atom. The van der Waals surface area contributed by atoms with Gasteiger partial charge in [0.1, 0.15) is 0 Å². The maximum Gasteiger partial charge on any atom is 0.0543 e. The number of para-hydroxylation sites is 1. The summed E-state index contributed by atoms with van der Waals surface area (Å²) in [5.41, 5.74) is 17.7. The topological polar surface area (TPSA) is 8.17 Å². The second-order valence-electron chi connectivity index (χ2n) is 19.8. The maximum absolute atomic E-state index is 2.53. The van der Waals surface area contributed by atoms with Crippen molar-refractivity contribution in [1.29, 1.82) is 0 Å². The highest BCUT2D eigenvalue weighted by Gasteiger charge is 2.38. The smallest absolute Gasteiger partial charge is 0.0543 e. The van der Waals surface area contributed by atoms with Gasteiger partial charge in [0.25, 0.3) is 0 Å². The molecule has 0 aliphatic heterocycles. The molecular weight excluding hydrogens is 817 g/mol. The lowest BCUT2D eigenvalue weighted by molar-refractivity contribution is 0.590. The Morgan fingerprint density at radius 1 is 0.561 bits per heavy atom. The molecule has 0 saturated heterocycles. The molecule has 320 valence electrons. The molecule has 0 saturated carbocycles. The molecule has 11 aromatic rings. The van der Waals surface area contributed by atoms with Crippen LogP contribution < -0.4 is 4.90 Å². The van der Waals surface area contributed by atoms with Gasteiger partial charge in [0.2, 0.25) is 0 Å². The molecular formula is C63H52N2S. The fraction of sp³-hybridized carbons (Fsp3) is 0.143. The van der Waals surface area contributed by atoms with Crippen LogP contribution in [0, 0.1) is 0 Å². The zero-order chi connectivity index (χ0) is 44.9. The van der Waals surface area contributed by atoms with Crippen LogP contribution in [0.3, 0.4) is 0 Å². The molecule has 3 heteroatoms. The number of anilines is 3. The van der Waals surface area contributed by atoms with Gasteiger partial charge in [-0.3, -0.25) is 0 Å². The zero-order valence-electron chi connectivity index (χ0n) is 38.5. The SMILES string of the molecule is Cn1c2ccccc2c2cc(N(c3ccc4c(c3)sc3ccccc34)c3cc4c(c5ccccc35)-c3ccc(/C=C(/Cc5ccc(C(C)(C)C)cc5)c5ccccc5)cc3C4(C)C)ccc21. The highest BCUT2D eigenvalue weighted by atomic mass is 32.1. The summed E-state index contributed by atoms with van der Waals surface area (Å²) >= 11 is 1.88. The Balaban J connectivity index is 1.03. The fourth-order valence-electron chi connectivity index (χ4n) is 10.9. The van der Waals surface area contributed by atoms with Crippen molar-refractivity contribution in [2.75, 3.05) is 4.90 Å². The monoisotopic (exact) mass is 868 g/mol. The number of nitrogens with zero attached hydrogens (tertiary/aromatic N) is 2. The fourth-order valence-corrected chi connectivity index (χ4v) is 12.0. The zero-order valence-corrected chi connectivity index (χ0v) is 39.3. The Labute approximate surface area is 391 Å². The van der Waals surface area contributed by atoms with Crippen molar-refractivity contribution in [2.45, 2.75) is 51.9 Å². The molecule has 0 spiro atoms. The quantitative estimate of drug-likeness (QED) is 0.145. The first-order chi connectivity index (χ1) is 32.0. The number of allylic oxidation sites excluding steroid dienone is 1. The summed E-state index contributed by atoms with van der Waals surface area (Å²) in [6.45, 7) is 11.7. The molecule has 0 radical (unpaired) electrons. The lowest BCUT2D eigenvalue weighted by Crippen LogP contribution is -2.17. The van der Waals surface area contributed by atoms with Gasteiger partial charge >= 0.3 is 0 Å². The Morgan fingerprint density at radius 2 is 1.21 bits per heavy atom. The molecule has 2 heterocycles. The second-order valence-corrected chi connectivity index (χ2v) is 20.9. The lowest BCUT2D eigenvalue weighted by Gasteiger charge is -2.30. The molecule has 0 unspecified atom stereocenters. The average Bonchev–Trinajstić information content (AvgIpc) is 3.93. The Kier molecular flexibility index (Phi) is 9.28. The van der Waals surface area contributed by atoms with E-state index < -0.39 is 0 Å². The van der Waals surface area contributed by atoms with E-state index in [1.807, 2.05) is 11.3 Å². The predicted molar refractivity (Wildman–Crippen MR) is 286 cm³/mol. The van der Waals surface area contributed by atoms with E-state index in [4.69, 9.17) is 0 Å². The van der Waals surface area contributed by atoms with Gasteiger partial charge in [-0.25, -0.2) is 0 Å². The number of fused-ring (bicyclic) bond motifs is 11. The highest BCUT2D eigenvalue weighted by Crippen LogP contribution is 2.55. The molecule has 0 atom stereocenters. The molecule has 0 fully saturated rings. The summed E-state index contributed by atoms with van der Waals surface area (Å²) in [5, 5.41) is 7.66. The van der Waals surface area contributed by atoms with E-state index in [1.54, 1.807) is 0 Å². The Bertz CT molecular complexity index is 3740. The van der Waals surface area contributed by atoms with Gasteiger partial charge in [-0.2, -0.15) is 0 Å². The van der Waals surface area contributed by atoms with E-state index in [-0.39, 0.29) is 10.8 Å². The van der Waals surface area contributed by atoms with Gasteiger partial charge < -0.3 is 9.47 Å². The van der Waals surface area contributed by atoms with Gasteiger partial charge in [0.05, 0.1) is 5.69 Å². The third-order valence-electron chi connectivity index (χ3n) is 14.4. The van der Waals surface area contributed by atoms with Crippen molar-refractivity contribution < 1.29 is 0 Å². The normalized spacial score (nSPS) is 13.6. The molecule has 1 aliphatic carbocycles. The van der Waals surface area contributed by atoms with Gasteiger partial charge in [-0.1, -0.05) is 180 Å². The lowest BCUT2D eigenvalue weighted by atomic mass is 9.81.